The Bertz CT molecular complexity index is 1130. The Hall–Kier alpha value is -3.40. The molecule has 204 valence electrons. The number of carbonyl (C=O) groups is 3. The summed E-state index contributed by atoms with van der Waals surface area (Å²) in [7, 11) is 0. The lowest BCUT2D eigenvalue weighted by molar-refractivity contribution is -0.187. The molecule has 0 radical (unpaired) electrons. The minimum atomic E-state index is -5.05. The molecule has 0 spiro atoms. The summed E-state index contributed by atoms with van der Waals surface area (Å²) in [5.74, 6) is -5.68. The number of carbonyl (C=O) groups excluding carboxylic acids is 3. The van der Waals surface area contributed by atoms with E-state index in [9.17, 15) is 32.7 Å². The second kappa shape index (κ2) is 11.6. The topological polar surface area (TPSA) is 93.1 Å². The Kier molecular flexibility index (Phi) is 8.40. The number of hydrogen-bond donors (Lipinski definition) is 1. The maximum absolute atomic E-state index is 13.1. The maximum Gasteiger partial charge on any atom is 0.450 e. The number of Topliss-reactive ketones (excluding diaryl/α,β-unsaturated/α-hetero) is 1. The lowest BCUT2D eigenvalue weighted by atomic mass is 9.82. The van der Waals surface area contributed by atoms with Crippen LogP contribution in [0.1, 0.15) is 36.8 Å². The van der Waals surface area contributed by atoms with Gasteiger partial charge in [-0.1, -0.05) is 67.1 Å². The number of rotatable bonds is 7. The van der Waals surface area contributed by atoms with Crippen molar-refractivity contribution in [2.75, 3.05) is 13.1 Å². The van der Waals surface area contributed by atoms with Gasteiger partial charge in [-0.3, -0.25) is 9.59 Å². The number of halogens is 3. The van der Waals surface area contributed by atoms with Crippen molar-refractivity contribution >= 4 is 17.8 Å². The number of nitrogens with zero attached hydrogens (tertiary/aromatic N) is 1. The van der Waals surface area contributed by atoms with Gasteiger partial charge >= 0.3 is 18.2 Å². The Morgan fingerprint density at radius 2 is 1.55 bits per heavy atom. The van der Waals surface area contributed by atoms with Crippen LogP contribution in [0.2, 0.25) is 0 Å². The number of ether oxygens (including phenoxy) is 2. The van der Waals surface area contributed by atoms with E-state index in [4.69, 9.17) is 9.47 Å². The number of alkyl halides is 3. The number of piperidine rings is 1. The quantitative estimate of drug-likeness (QED) is 0.529. The summed E-state index contributed by atoms with van der Waals surface area (Å²) in [5.41, 5.74) is -0.0276. The van der Waals surface area contributed by atoms with Crippen LogP contribution in [0.25, 0.3) is 0 Å². The van der Waals surface area contributed by atoms with E-state index in [2.05, 4.69) is 0 Å². The molecule has 1 N–H and O–H groups in total. The average molecular weight is 534 g/mol. The van der Waals surface area contributed by atoms with Crippen molar-refractivity contribution in [1.29, 1.82) is 0 Å². The van der Waals surface area contributed by atoms with E-state index in [1.165, 1.54) is 4.90 Å². The molecule has 1 saturated heterocycles. The van der Waals surface area contributed by atoms with Crippen LogP contribution < -0.4 is 0 Å². The molecule has 10 heteroatoms. The summed E-state index contributed by atoms with van der Waals surface area (Å²) in [6.07, 6.45) is -6.48. The Morgan fingerprint density at radius 3 is 2.18 bits per heavy atom. The fraction of sp³-hybridized carbons (Fsp3) is 0.464. The zero-order valence-electron chi connectivity index (χ0n) is 20.7. The smallest absolute Gasteiger partial charge is 0.450 e. The molecule has 2 aromatic rings. The molecule has 0 aromatic heterocycles. The van der Waals surface area contributed by atoms with E-state index in [0.29, 0.717) is 0 Å². The van der Waals surface area contributed by atoms with Gasteiger partial charge in [-0.2, -0.15) is 13.2 Å². The van der Waals surface area contributed by atoms with E-state index < -0.39 is 47.6 Å². The number of aliphatic hydroxyl groups is 1. The predicted molar refractivity (Wildman–Crippen MR) is 130 cm³/mol. The first-order valence-electron chi connectivity index (χ1n) is 12.6. The molecular formula is C28H30F3NO6. The molecule has 1 aliphatic carbocycles. The van der Waals surface area contributed by atoms with Gasteiger partial charge in [-0.05, 0) is 30.4 Å². The molecule has 1 amide bonds. The number of ketones is 1. The molecule has 0 bridgehead atoms. The van der Waals surface area contributed by atoms with Crippen LogP contribution in [0.4, 0.5) is 18.0 Å². The van der Waals surface area contributed by atoms with Gasteiger partial charge in [0.2, 0.25) is 5.78 Å². The Labute approximate surface area is 218 Å². The van der Waals surface area contributed by atoms with Gasteiger partial charge in [-0.15, -0.1) is 0 Å². The largest absolute Gasteiger partial charge is 0.457 e. The van der Waals surface area contributed by atoms with E-state index in [-0.39, 0.29) is 51.8 Å². The first-order valence-corrected chi connectivity index (χ1v) is 12.6. The highest BCUT2D eigenvalue weighted by molar-refractivity contribution is 5.91. The highest BCUT2D eigenvalue weighted by Crippen LogP contribution is 2.39. The average Bonchev–Trinajstić information content (AvgIpc) is 3.39. The molecule has 1 saturated carbocycles. The highest BCUT2D eigenvalue weighted by Gasteiger charge is 2.52. The first-order chi connectivity index (χ1) is 18.1. The summed E-state index contributed by atoms with van der Waals surface area (Å²) in [6.45, 7) is -0.0465. The molecule has 1 heterocycles. The molecule has 38 heavy (non-hydrogen) atoms. The van der Waals surface area contributed by atoms with Crippen molar-refractivity contribution < 1.29 is 42.1 Å². The van der Waals surface area contributed by atoms with Crippen molar-refractivity contribution in [3.8, 4) is 0 Å². The normalized spacial score (nSPS) is 25.6. The predicted octanol–water partition coefficient (Wildman–Crippen LogP) is 4.46. The lowest BCUT2D eigenvalue weighted by Gasteiger charge is -2.43. The summed E-state index contributed by atoms with van der Waals surface area (Å²) < 4.78 is 50.3. The van der Waals surface area contributed by atoms with E-state index in [0.717, 1.165) is 11.1 Å². The third-order valence-electron chi connectivity index (χ3n) is 7.31. The molecule has 2 aromatic carbocycles. The van der Waals surface area contributed by atoms with Gasteiger partial charge in [0, 0.05) is 18.9 Å². The van der Waals surface area contributed by atoms with Crippen molar-refractivity contribution in [2.45, 2.75) is 56.6 Å². The summed E-state index contributed by atoms with van der Waals surface area (Å²) in [5, 5.41) is 11.6. The van der Waals surface area contributed by atoms with Crippen LogP contribution in [0, 0.1) is 11.8 Å². The molecule has 7 nitrogen and oxygen atoms in total. The SMILES string of the molecule is O=C(O[C@H]1CN(C(=O)OCc2ccccc2)CC[C@@]1(O)Cc1ccccc1)C1CCC[C@@H]1C(=O)C(F)(F)F. The van der Waals surface area contributed by atoms with Crippen LogP contribution >= 0.6 is 0 Å². The van der Waals surface area contributed by atoms with Gasteiger partial charge in [0.05, 0.1) is 12.5 Å². The minimum absolute atomic E-state index is 0.0260. The first kappa shape index (κ1) is 27.6. The number of esters is 1. The van der Waals surface area contributed by atoms with Crippen molar-refractivity contribution in [2.24, 2.45) is 11.8 Å². The van der Waals surface area contributed by atoms with E-state index >= 15 is 0 Å². The minimum Gasteiger partial charge on any atom is -0.457 e. The van der Waals surface area contributed by atoms with E-state index in [1.54, 1.807) is 36.4 Å². The Balaban J connectivity index is 1.49. The van der Waals surface area contributed by atoms with Crippen LogP contribution in [0.15, 0.2) is 60.7 Å². The molecule has 2 aliphatic rings. The van der Waals surface area contributed by atoms with Gasteiger partial charge in [0.15, 0.2) is 0 Å². The summed E-state index contributed by atoms with van der Waals surface area (Å²) in [4.78, 5) is 39.1. The summed E-state index contributed by atoms with van der Waals surface area (Å²) in [6, 6.07) is 18.0. The molecule has 2 fully saturated rings. The Morgan fingerprint density at radius 1 is 0.947 bits per heavy atom. The second-order valence-electron chi connectivity index (χ2n) is 9.93. The van der Waals surface area contributed by atoms with E-state index in [1.807, 2.05) is 24.3 Å². The van der Waals surface area contributed by atoms with Gasteiger partial charge in [0.25, 0.3) is 0 Å². The number of likely N-dealkylation sites (tertiary alicyclic amines) is 1. The summed E-state index contributed by atoms with van der Waals surface area (Å²) >= 11 is 0. The molecule has 4 atom stereocenters. The number of amides is 1. The van der Waals surface area contributed by atoms with Crippen LogP contribution in [0.3, 0.4) is 0 Å². The molecule has 1 aliphatic heterocycles. The van der Waals surface area contributed by atoms with Crippen LogP contribution in [0.5, 0.6) is 0 Å². The third-order valence-corrected chi connectivity index (χ3v) is 7.31. The zero-order chi connectivity index (χ0) is 27.3. The second-order valence-corrected chi connectivity index (χ2v) is 9.93. The maximum atomic E-state index is 13.1. The number of benzene rings is 2. The molecule has 1 unspecified atom stereocenters. The zero-order valence-corrected chi connectivity index (χ0v) is 20.7. The molecular weight excluding hydrogens is 503 g/mol. The monoisotopic (exact) mass is 533 g/mol. The van der Waals surface area contributed by atoms with Gasteiger partial charge < -0.3 is 19.5 Å². The fourth-order valence-corrected chi connectivity index (χ4v) is 5.22. The van der Waals surface area contributed by atoms with Gasteiger partial charge in [-0.25, -0.2) is 4.79 Å². The van der Waals surface area contributed by atoms with Crippen molar-refractivity contribution in [3.05, 3.63) is 71.8 Å². The fourth-order valence-electron chi connectivity index (χ4n) is 5.22. The van der Waals surface area contributed by atoms with Gasteiger partial charge in [0.1, 0.15) is 18.3 Å². The standard InChI is InChI=1S/C28H30F3NO6/c29-28(30,31)24(33)21-12-7-13-22(21)25(34)38-23-17-32(26(35)37-18-20-10-5-2-6-11-20)15-14-27(23,36)16-19-8-3-1-4-9-19/h1-6,8-11,21-23,36H,7,12-18H2/t21-,22?,23-,27+/m0/s1. The lowest BCUT2D eigenvalue weighted by Crippen LogP contribution is -2.59. The van der Waals surface area contributed by atoms with Crippen LogP contribution in [-0.4, -0.2) is 58.8 Å². The van der Waals surface area contributed by atoms with Crippen LogP contribution in [-0.2, 0) is 32.1 Å². The third kappa shape index (κ3) is 6.53. The van der Waals surface area contributed by atoms with Crippen molar-refractivity contribution in [3.63, 3.8) is 0 Å². The highest BCUT2D eigenvalue weighted by atomic mass is 19.4. The molecule has 4 rings (SSSR count). The number of hydrogen-bond acceptors (Lipinski definition) is 6. The van der Waals surface area contributed by atoms with Crippen molar-refractivity contribution in [1.82, 2.24) is 4.90 Å².